The summed E-state index contributed by atoms with van der Waals surface area (Å²) in [4.78, 5) is 6.65. The van der Waals surface area contributed by atoms with Crippen molar-refractivity contribution in [3.63, 3.8) is 0 Å². The minimum Gasteiger partial charge on any atom is -0.444 e. The number of benzene rings is 1. The molecule has 1 saturated carbocycles. The van der Waals surface area contributed by atoms with Crippen LogP contribution in [0.1, 0.15) is 26.2 Å². The van der Waals surface area contributed by atoms with E-state index in [1.807, 2.05) is 0 Å². The molecule has 21 heavy (non-hydrogen) atoms. The van der Waals surface area contributed by atoms with Gasteiger partial charge in [0.1, 0.15) is 0 Å². The van der Waals surface area contributed by atoms with E-state index in [9.17, 15) is 0 Å². The minimum atomic E-state index is 0.547. The van der Waals surface area contributed by atoms with Crippen LogP contribution in [0.5, 0.6) is 0 Å². The number of anilines is 1. The van der Waals surface area contributed by atoms with Gasteiger partial charge in [0.25, 0.3) is 0 Å². The number of likely N-dealkylation sites (tertiary alicyclic amines) is 1. The Morgan fingerprint density at radius 2 is 2.24 bits per heavy atom. The van der Waals surface area contributed by atoms with Crippen LogP contribution in [0.3, 0.4) is 0 Å². The van der Waals surface area contributed by atoms with Crippen molar-refractivity contribution < 1.29 is 4.42 Å². The quantitative estimate of drug-likeness (QED) is 0.934. The fourth-order valence-corrected chi connectivity index (χ4v) is 3.43. The zero-order chi connectivity index (χ0) is 14.2. The lowest BCUT2D eigenvalue weighted by molar-refractivity contribution is 0.257. The van der Waals surface area contributed by atoms with E-state index in [1.54, 1.807) is 6.20 Å². The molecule has 0 amide bonds. The van der Waals surface area contributed by atoms with Crippen LogP contribution in [0, 0.1) is 0 Å². The van der Waals surface area contributed by atoms with Crippen LogP contribution in [0.15, 0.2) is 41.3 Å². The molecule has 2 fully saturated rings. The highest BCUT2D eigenvalue weighted by atomic mass is 16.3. The lowest BCUT2D eigenvalue weighted by Gasteiger charge is -2.20. The van der Waals surface area contributed by atoms with E-state index in [-0.39, 0.29) is 0 Å². The van der Waals surface area contributed by atoms with Gasteiger partial charge in [0.2, 0.25) is 0 Å². The molecule has 0 spiro atoms. The second-order valence-electron chi connectivity index (χ2n) is 6.30. The highest BCUT2D eigenvalue weighted by Gasteiger charge is 2.38. The third kappa shape index (κ3) is 2.68. The number of hydrogen-bond acceptors (Lipinski definition) is 4. The average molecular weight is 283 g/mol. The molecular formula is C17H21N3O. The highest BCUT2D eigenvalue weighted by Crippen LogP contribution is 2.34. The summed E-state index contributed by atoms with van der Waals surface area (Å²) in [7, 11) is 0. The topological polar surface area (TPSA) is 41.3 Å². The highest BCUT2D eigenvalue weighted by molar-refractivity contribution is 5.63. The molecule has 2 aliphatic rings. The van der Waals surface area contributed by atoms with Gasteiger partial charge in [-0.05, 0) is 38.3 Å². The van der Waals surface area contributed by atoms with Crippen molar-refractivity contribution in [1.29, 1.82) is 0 Å². The largest absolute Gasteiger partial charge is 0.444 e. The van der Waals surface area contributed by atoms with E-state index in [0.29, 0.717) is 12.1 Å². The van der Waals surface area contributed by atoms with Crippen LogP contribution >= 0.6 is 0 Å². The monoisotopic (exact) mass is 283 g/mol. The Hall–Kier alpha value is -1.81. The maximum atomic E-state index is 5.37. The molecule has 2 aromatic rings. The third-order valence-corrected chi connectivity index (χ3v) is 4.59. The molecule has 4 rings (SSSR count). The van der Waals surface area contributed by atoms with Crippen molar-refractivity contribution in [2.45, 2.75) is 44.3 Å². The van der Waals surface area contributed by atoms with Crippen molar-refractivity contribution >= 4 is 5.69 Å². The Balaban J connectivity index is 1.46. The van der Waals surface area contributed by atoms with Gasteiger partial charge < -0.3 is 9.73 Å². The fraction of sp³-hybridized carbons (Fsp3) is 0.471. The number of nitrogens with zero attached hydrogens (tertiary/aromatic N) is 2. The summed E-state index contributed by atoms with van der Waals surface area (Å²) in [5.41, 5.74) is 2.24. The van der Waals surface area contributed by atoms with Gasteiger partial charge in [0, 0.05) is 35.9 Å². The van der Waals surface area contributed by atoms with Gasteiger partial charge in [0.15, 0.2) is 12.2 Å². The summed E-state index contributed by atoms with van der Waals surface area (Å²) < 4.78 is 5.37. The molecule has 1 aromatic heterocycles. The molecule has 1 N–H and O–H groups in total. The summed E-state index contributed by atoms with van der Waals surface area (Å²) in [5, 5.41) is 3.68. The first-order chi connectivity index (χ1) is 10.3. The molecule has 2 heterocycles. The predicted molar refractivity (Wildman–Crippen MR) is 83.2 cm³/mol. The molecular weight excluding hydrogens is 262 g/mol. The summed E-state index contributed by atoms with van der Waals surface area (Å²) >= 11 is 0. The van der Waals surface area contributed by atoms with Crippen LogP contribution in [0.2, 0.25) is 0 Å². The van der Waals surface area contributed by atoms with Crippen LogP contribution in [0.4, 0.5) is 5.69 Å². The number of aromatic nitrogens is 1. The van der Waals surface area contributed by atoms with Gasteiger partial charge >= 0.3 is 0 Å². The molecule has 2 atom stereocenters. The van der Waals surface area contributed by atoms with Crippen molar-refractivity contribution in [2.24, 2.45) is 0 Å². The van der Waals surface area contributed by atoms with Gasteiger partial charge in [-0.2, -0.15) is 0 Å². The van der Waals surface area contributed by atoms with Crippen molar-refractivity contribution in [3.8, 4) is 11.3 Å². The van der Waals surface area contributed by atoms with E-state index in [1.165, 1.54) is 37.9 Å². The fourth-order valence-electron chi connectivity index (χ4n) is 3.43. The van der Waals surface area contributed by atoms with Crippen LogP contribution < -0.4 is 5.32 Å². The van der Waals surface area contributed by atoms with Gasteiger partial charge in [-0.3, -0.25) is 4.90 Å². The van der Waals surface area contributed by atoms with Gasteiger partial charge in [0.05, 0.1) is 6.20 Å². The number of rotatable bonds is 4. The van der Waals surface area contributed by atoms with Crippen LogP contribution in [-0.2, 0) is 0 Å². The van der Waals surface area contributed by atoms with E-state index < -0.39 is 0 Å². The van der Waals surface area contributed by atoms with Crippen molar-refractivity contribution in [3.05, 3.63) is 36.9 Å². The number of nitrogens with one attached hydrogen (secondary N) is 1. The van der Waals surface area contributed by atoms with E-state index in [4.69, 9.17) is 4.42 Å². The molecule has 1 aromatic carbocycles. The van der Waals surface area contributed by atoms with E-state index >= 15 is 0 Å². The third-order valence-electron chi connectivity index (χ3n) is 4.59. The van der Waals surface area contributed by atoms with E-state index in [2.05, 4.69) is 46.4 Å². The Morgan fingerprint density at radius 1 is 1.33 bits per heavy atom. The molecule has 0 bridgehead atoms. The van der Waals surface area contributed by atoms with Gasteiger partial charge in [-0.1, -0.05) is 12.1 Å². The average Bonchev–Trinajstić information content (AvgIpc) is 3.04. The molecule has 0 radical (unpaired) electrons. The minimum absolute atomic E-state index is 0.547. The SMILES string of the molecule is CC1CC(Nc2cccc(-c3cnco3)c2)CN1C1CC1. The molecule has 110 valence electrons. The van der Waals surface area contributed by atoms with Crippen LogP contribution in [0.25, 0.3) is 11.3 Å². The maximum Gasteiger partial charge on any atom is 0.181 e. The van der Waals surface area contributed by atoms with Gasteiger partial charge in [-0.15, -0.1) is 0 Å². The zero-order valence-electron chi connectivity index (χ0n) is 12.3. The first-order valence-electron chi connectivity index (χ1n) is 7.81. The Morgan fingerprint density at radius 3 is 3.00 bits per heavy atom. The molecule has 4 nitrogen and oxygen atoms in total. The Labute approximate surface area is 125 Å². The molecule has 1 aliphatic heterocycles. The smallest absolute Gasteiger partial charge is 0.181 e. The summed E-state index contributed by atoms with van der Waals surface area (Å²) in [6.45, 7) is 3.52. The summed E-state index contributed by atoms with van der Waals surface area (Å²) in [6, 6.07) is 10.5. The first-order valence-corrected chi connectivity index (χ1v) is 7.81. The lowest BCUT2D eigenvalue weighted by atomic mass is 10.1. The standard InChI is InChI=1S/C17H21N3O/c1-12-7-15(10-20(12)16-5-6-16)19-14-4-2-3-13(8-14)17-9-18-11-21-17/h2-4,8-9,11-12,15-16,19H,5-7,10H2,1H3. The first kappa shape index (κ1) is 12.9. The second-order valence-corrected chi connectivity index (χ2v) is 6.30. The molecule has 4 heteroatoms. The Bertz CT molecular complexity index is 606. The molecule has 2 unspecified atom stereocenters. The summed E-state index contributed by atoms with van der Waals surface area (Å²) in [5.74, 6) is 0.818. The number of oxazole rings is 1. The predicted octanol–water partition coefficient (Wildman–Crippen LogP) is 3.38. The number of hydrogen-bond donors (Lipinski definition) is 1. The van der Waals surface area contributed by atoms with E-state index in [0.717, 1.165) is 17.4 Å². The maximum absolute atomic E-state index is 5.37. The second kappa shape index (κ2) is 5.19. The normalized spacial score (nSPS) is 26.1. The van der Waals surface area contributed by atoms with Crippen molar-refractivity contribution in [1.82, 2.24) is 9.88 Å². The van der Waals surface area contributed by atoms with Crippen molar-refractivity contribution in [2.75, 3.05) is 11.9 Å². The Kier molecular flexibility index (Phi) is 3.19. The zero-order valence-corrected chi connectivity index (χ0v) is 12.3. The lowest BCUT2D eigenvalue weighted by Crippen LogP contribution is -2.30. The van der Waals surface area contributed by atoms with Gasteiger partial charge in [-0.25, -0.2) is 4.98 Å². The molecule has 1 saturated heterocycles. The van der Waals surface area contributed by atoms with Crippen LogP contribution in [-0.4, -0.2) is 34.6 Å². The molecule has 1 aliphatic carbocycles. The summed E-state index contributed by atoms with van der Waals surface area (Å²) in [6.07, 6.45) is 7.23.